The molecule has 5 aliphatic rings. The second-order valence-electron chi connectivity index (χ2n) is 20.5. The maximum absolute atomic E-state index is 6.79. The van der Waals surface area contributed by atoms with Gasteiger partial charge in [0.2, 0.25) is 0 Å². The maximum Gasteiger partial charge on any atom is 0.139 e. The second-order valence-corrected chi connectivity index (χ2v) is 20.5. The molecule has 0 saturated heterocycles. The molecule has 1 heterocycles. The molecular weight excluding hydrogens is 821 g/mol. The van der Waals surface area contributed by atoms with E-state index in [0.29, 0.717) is 0 Å². The number of hydrogen-bond acceptors (Lipinski definition) is 1. The summed E-state index contributed by atoms with van der Waals surface area (Å²) in [6.45, 7) is 4.63. The summed E-state index contributed by atoms with van der Waals surface area (Å²) >= 11 is 0. The Morgan fingerprint density at radius 2 is 1.04 bits per heavy atom. The van der Waals surface area contributed by atoms with Crippen molar-refractivity contribution in [2.45, 2.75) is 31.1 Å². The van der Waals surface area contributed by atoms with Crippen molar-refractivity contribution in [3.63, 3.8) is 0 Å². The van der Waals surface area contributed by atoms with Crippen LogP contribution in [0.1, 0.15) is 70.2 Å². The lowest BCUT2D eigenvalue weighted by Crippen LogP contribution is -2.24. The average Bonchev–Trinajstić information content (AvgIpc) is 4.02. The highest BCUT2D eigenvalue weighted by molar-refractivity contribution is 6.39. The van der Waals surface area contributed by atoms with Crippen molar-refractivity contribution < 1.29 is 4.74 Å². The number of para-hydroxylation sites is 2. The highest BCUT2D eigenvalue weighted by Crippen LogP contribution is 2.68. The fraction of sp³-hybridized carbons (Fsp3) is 0.0746. The van der Waals surface area contributed by atoms with E-state index in [1.807, 2.05) is 0 Å². The minimum absolute atomic E-state index is 0.176. The number of hydrogen-bond donors (Lipinski definition) is 0. The first-order valence-corrected chi connectivity index (χ1v) is 24.2. The summed E-state index contributed by atoms with van der Waals surface area (Å²) in [5, 5.41) is 13.6. The third kappa shape index (κ3) is 4.15. The molecule has 0 saturated carbocycles. The van der Waals surface area contributed by atoms with Gasteiger partial charge in [-0.05, 0) is 156 Å². The minimum Gasteiger partial charge on any atom is -0.456 e. The van der Waals surface area contributed by atoms with Crippen molar-refractivity contribution in [1.29, 1.82) is 0 Å². The molecule has 0 radical (unpaired) electrons. The molecule has 17 rings (SSSR count). The van der Waals surface area contributed by atoms with Crippen LogP contribution in [0.15, 0.2) is 194 Å². The Balaban J connectivity index is 0.898. The van der Waals surface area contributed by atoms with Crippen LogP contribution in [0, 0.1) is 0 Å². The molecule has 2 atom stereocenters. The van der Waals surface area contributed by atoms with Gasteiger partial charge in [0.05, 0.1) is 0 Å². The molecule has 12 aromatic carbocycles. The maximum atomic E-state index is 6.79. The van der Waals surface area contributed by atoms with Crippen LogP contribution in [0.25, 0.3) is 110 Å². The number of benzene rings is 12. The Kier molecular flexibility index (Phi) is 6.44. The molecule has 2 unspecified atom stereocenters. The number of rotatable bonds is 2. The van der Waals surface area contributed by atoms with Crippen LogP contribution in [0.4, 0.5) is 0 Å². The average molecular weight is 861 g/mol. The quantitative estimate of drug-likeness (QED) is 0.124. The Hall–Kier alpha value is -8.26. The van der Waals surface area contributed by atoms with Gasteiger partial charge in [0.15, 0.2) is 0 Å². The van der Waals surface area contributed by atoms with Gasteiger partial charge in [-0.2, -0.15) is 0 Å². The monoisotopic (exact) mass is 860 g/mol. The van der Waals surface area contributed by atoms with Crippen LogP contribution < -0.4 is 4.74 Å². The van der Waals surface area contributed by atoms with Gasteiger partial charge < -0.3 is 4.74 Å². The van der Waals surface area contributed by atoms with Crippen LogP contribution in [0.2, 0.25) is 0 Å². The summed E-state index contributed by atoms with van der Waals surface area (Å²) in [5.41, 5.74) is 24.0. The SMILES string of the molecule is CC1(C)c2ccccc2Oc2c(-c3ccc4c(c3)-c3ccc5c6ccc7c8c(ccc(c9ccc-4c3c95)c86)C3=C(c4ccccc4)c4cc5ccccc5c5c4C(c4ccccc4-5)C37)cccc21. The molecule has 0 aromatic heterocycles. The molecule has 314 valence electrons. The molecule has 1 aliphatic heterocycles. The Labute approximate surface area is 393 Å². The predicted molar refractivity (Wildman–Crippen MR) is 282 cm³/mol. The highest BCUT2D eigenvalue weighted by atomic mass is 16.5. The zero-order valence-electron chi connectivity index (χ0n) is 37.5. The summed E-state index contributed by atoms with van der Waals surface area (Å²) in [7, 11) is 0. The number of allylic oxidation sites excluding steroid dienone is 1. The van der Waals surface area contributed by atoms with E-state index in [-0.39, 0.29) is 17.3 Å². The first-order valence-electron chi connectivity index (χ1n) is 24.2. The topological polar surface area (TPSA) is 9.23 Å². The molecule has 0 spiro atoms. The van der Waals surface area contributed by atoms with E-state index in [1.54, 1.807) is 0 Å². The zero-order chi connectivity index (χ0) is 44.3. The van der Waals surface area contributed by atoms with E-state index in [9.17, 15) is 0 Å². The van der Waals surface area contributed by atoms with Crippen molar-refractivity contribution >= 4 is 65.0 Å². The molecule has 4 aliphatic carbocycles. The van der Waals surface area contributed by atoms with E-state index < -0.39 is 0 Å². The fourth-order valence-corrected chi connectivity index (χ4v) is 14.4. The largest absolute Gasteiger partial charge is 0.456 e. The first-order chi connectivity index (χ1) is 33.5. The van der Waals surface area contributed by atoms with Gasteiger partial charge in [-0.1, -0.05) is 190 Å². The summed E-state index contributed by atoms with van der Waals surface area (Å²) in [5.74, 6) is 2.33. The lowest BCUT2D eigenvalue weighted by Gasteiger charge is -2.35. The van der Waals surface area contributed by atoms with Gasteiger partial charge in [0.1, 0.15) is 11.5 Å². The van der Waals surface area contributed by atoms with Gasteiger partial charge in [0, 0.05) is 33.9 Å². The smallest absolute Gasteiger partial charge is 0.139 e. The lowest BCUT2D eigenvalue weighted by molar-refractivity contribution is 0.419. The molecule has 68 heavy (non-hydrogen) atoms. The molecule has 0 fully saturated rings. The first kappa shape index (κ1) is 35.9. The molecule has 0 N–H and O–H groups in total. The summed E-state index contributed by atoms with van der Waals surface area (Å²) in [6, 6.07) is 74.0. The lowest BCUT2D eigenvalue weighted by atomic mass is 9.68. The van der Waals surface area contributed by atoms with Crippen LogP contribution in [0.5, 0.6) is 11.5 Å². The minimum atomic E-state index is -0.176. The molecular formula is C67H40O. The van der Waals surface area contributed by atoms with Crippen LogP contribution in [-0.2, 0) is 5.41 Å². The van der Waals surface area contributed by atoms with Crippen LogP contribution >= 0.6 is 0 Å². The van der Waals surface area contributed by atoms with Gasteiger partial charge in [-0.15, -0.1) is 0 Å². The van der Waals surface area contributed by atoms with Crippen LogP contribution in [-0.4, -0.2) is 0 Å². The van der Waals surface area contributed by atoms with E-state index in [1.165, 1.54) is 148 Å². The predicted octanol–water partition coefficient (Wildman–Crippen LogP) is 17.8. The standard InChI is InChI=1S/C67H40O/c1-67(2)53-20-10-11-22-55(53)68-66-39(19-12-21-54(66)67)37-23-24-40-43-25-26-44-46-29-31-49-61-50(32-30-47(60(46)61)45-27-28-48(51(40)33-37)58(43)59(44)45)64-62-42-18-9-8-17-41(42)57-38-16-7-6-15-36(38)34-52(65(57)62)56(63(49)64)35-13-4-3-5-14-35/h3-34,62,64H,1-2H3. The Morgan fingerprint density at radius 1 is 0.382 bits per heavy atom. The second kappa shape index (κ2) is 12.2. The number of ether oxygens (including phenoxy) is 1. The fourth-order valence-electron chi connectivity index (χ4n) is 14.4. The summed E-state index contributed by atoms with van der Waals surface area (Å²) in [4.78, 5) is 0. The zero-order valence-corrected chi connectivity index (χ0v) is 37.5. The van der Waals surface area contributed by atoms with Gasteiger partial charge >= 0.3 is 0 Å². The Bertz CT molecular complexity index is 4350. The normalized spacial score (nSPS) is 17.1. The van der Waals surface area contributed by atoms with E-state index in [2.05, 4.69) is 208 Å². The molecule has 0 bridgehead atoms. The van der Waals surface area contributed by atoms with Crippen molar-refractivity contribution in [2.75, 3.05) is 0 Å². The van der Waals surface area contributed by atoms with Crippen LogP contribution in [0.3, 0.4) is 0 Å². The van der Waals surface area contributed by atoms with Crippen molar-refractivity contribution in [2.24, 2.45) is 0 Å². The van der Waals surface area contributed by atoms with Crippen molar-refractivity contribution in [1.82, 2.24) is 0 Å². The third-order valence-electron chi connectivity index (χ3n) is 17.1. The summed E-state index contributed by atoms with van der Waals surface area (Å²) < 4.78 is 6.79. The molecule has 0 amide bonds. The van der Waals surface area contributed by atoms with Gasteiger partial charge in [-0.3, -0.25) is 0 Å². The van der Waals surface area contributed by atoms with Gasteiger partial charge in [0.25, 0.3) is 0 Å². The van der Waals surface area contributed by atoms with E-state index in [0.717, 1.165) is 17.1 Å². The highest BCUT2D eigenvalue weighted by Gasteiger charge is 2.48. The molecule has 12 aromatic rings. The van der Waals surface area contributed by atoms with Gasteiger partial charge in [-0.25, -0.2) is 0 Å². The molecule has 1 nitrogen and oxygen atoms in total. The third-order valence-corrected chi connectivity index (χ3v) is 17.1. The Morgan fingerprint density at radius 3 is 1.90 bits per heavy atom. The summed E-state index contributed by atoms with van der Waals surface area (Å²) in [6.07, 6.45) is 0. The van der Waals surface area contributed by atoms with E-state index >= 15 is 0 Å². The van der Waals surface area contributed by atoms with Crippen molar-refractivity contribution in [3.8, 4) is 56.0 Å². The number of fused-ring (bicyclic) bond motifs is 16. The van der Waals surface area contributed by atoms with Crippen molar-refractivity contribution in [3.05, 3.63) is 239 Å². The molecule has 1 heteroatoms. The van der Waals surface area contributed by atoms with E-state index in [4.69, 9.17) is 4.74 Å².